The van der Waals surface area contributed by atoms with E-state index in [2.05, 4.69) is 6.92 Å². The number of hydrogen-bond acceptors (Lipinski definition) is 5. The Morgan fingerprint density at radius 3 is 2.35 bits per heavy atom. The molecule has 0 aliphatic carbocycles. The fourth-order valence-electron chi connectivity index (χ4n) is 3.97. The number of amides is 1. The number of unbranched alkanes of at least 4 members (excludes halogenated alkanes) is 1. The van der Waals surface area contributed by atoms with Gasteiger partial charge in [-0.05, 0) is 55.3 Å². The van der Waals surface area contributed by atoms with Crippen LogP contribution in [0.4, 0.5) is 5.69 Å². The number of rotatable bonds is 8. The van der Waals surface area contributed by atoms with Gasteiger partial charge in [-0.15, -0.1) is 0 Å². The molecular weight excluding hydrogens is 450 g/mol. The average molecular weight is 478 g/mol. The molecule has 7 heteroatoms. The van der Waals surface area contributed by atoms with Crippen molar-refractivity contribution in [3.63, 3.8) is 0 Å². The number of aliphatic hydroxyl groups excluding tert-OH is 1. The smallest absolute Gasteiger partial charge is 0.295 e. The molecule has 0 aromatic heterocycles. The molecular formula is C27H27NO5S. The summed E-state index contributed by atoms with van der Waals surface area (Å²) in [5, 5.41) is 10.9. The van der Waals surface area contributed by atoms with E-state index in [1.165, 1.54) is 17.0 Å². The van der Waals surface area contributed by atoms with Crippen molar-refractivity contribution in [3.05, 3.63) is 101 Å². The van der Waals surface area contributed by atoms with E-state index in [-0.39, 0.29) is 9.80 Å². The minimum atomic E-state index is -4.17. The lowest BCUT2D eigenvalue weighted by molar-refractivity contribution is -0.117. The molecule has 6 nitrogen and oxygen atoms in total. The van der Waals surface area contributed by atoms with Crippen LogP contribution in [0.3, 0.4) is 0 Å². The van der Waals surface area contributed by atoms with Crippen LogP contribution in [0.25, 0.3) is 0 Å². The first kappa shape index (κ1) is 23.6. The van der Waals surface area contributed by atoms with E-state index in [1.807, 2.05) is 19.1 Å². The Morgan fingerprint density at radius 1 is 0.971 bits per heavy atom. The molecule has 1 heterocycles. The number of carbonyl (C=O) groups is 1. The van der Waals surface area contributed by atoms with Gasteiger partial charge in [0.05, 0.1) is 11.5 Å². The van der Waals surface area contributed by atoms with Gasteiger partial charge < -0.3 is 9.84 Å². The summed E-state index contributed by atoms with van der Waals surface area (Å²) in [5.41, 5.74) is 2.01. The normalized spacial score (nSPS) is 16.2. The minimum Gasteiger partial charge on any atom is -0.502 e. The summed E-state index contributed by atoms with van der Waals surface area (Å²) in [5.74, 6) is -0.961. The highest BCUT2D eigenvalue weighted by molar-refractivity contribution is 7.95. The van der Waals surface area contributed by atoms with Crippen LogP contribution < -0.4 is 9.64 Å². The summed E-state index contributed by atoms with van der Waals surface area (Å²) in [7, 11) is -4.17. The van der Waals surface area contributed by atoms with E-state index in [0.717, 1.165) is 18.4 Å². The zero-order valence-corrected chi connectivity index (χ0v) is 20.0. The number of anilines is 1. The van der Waals surface area contributed by atoms with E-state index < -0.39 is 27.5 Å². The van der Waals surface area contributed by atoms with Crippen molar-refractivity contribution in [1.29, 1.82) is 0 Å². The quantitative estimate of drug-likeness (QED) is 0.433. The van der Waals surface area contributed by atoms with Crippen LogP contribution >= 0.6 is 0 Å². The number of nitrogens with zero attached hydrogens (tertiary/aromatic N) is 1. The van der Waals surface area contributed by atoms with Gasteiger partial charge in [-0.2, -0.15) is 0 Å². The first-order valence-corrected chi connectivity index (χ1v) is 12.7. The number of ether oxygens (including phenoxy) is 1. The summed E-state index contributed by atoms with van der Waals surface area (Å²) in [4.78, 5) is 14.3. The van der Waals surface area contributed by atoms with E-state index in [9.17, 15) is 18.3 Å². The number of sulfone groups is 1. The minimum absolute atomic E-state index is 0.00968. The Bertz CT molecular complexity index is 1310. The maximum Gasteiger partial charge on any atom is 0.295 e. The van der Waals surface area contributed by atoms with Crippen LogP contribution in [0.5, 0.6) is 5.75 Å². The third-order valence-corrected chi connectivity index (χ3v) is 7.65. The molecule has 1 N–H and O–H groups in total. The van der Waals surface area contributed by atoms with Gasteiger partial charge in [0.1, 0.15) is 16.7 Å². The molecule has 1 aliphatic rings. The molecule has 1 unspecified atom stereocenters. The van der Waals surface area contributed by atoms with E-state index in [4.69, 9.17) is 4.74 Å². The number of aryl methyl sites for hydroxylation is 1. The molecule has 0 saturated heterocycles. The van der Waals surface area contributed by atoms with Gasteiger partial charge in [-0.1, -0.05) is 61.4 Å². The van der Waals surface area contributed by atoms with Gasteiger partial charge in [0.15, 0.2) is 5.76 Å². The molecule has 0 spiro atoms. The number of hydrogen-bond donors (Lipinski definition) is 1. The van der Waals surface area contributed by atoms with Crippen molar-refractivity contribution in [2.45, 2.75) is 37.6 Å². The molecule has 0 fully saturated rings. The second-order valence-electron chi connectivity index (χ2n) is 8.22. The van der Waals surface area contributed by atoms with Crippen LogP contribution in [0, 0.1) is 6.92 Å². The van der Waals surface area contributed by atoms with Gasteiger partial charge in [-0.25, -0.2) is 8.42 Å². The number of carbonyl (C=O) groups excluding carboxylic acids is 1. The summed E-state index contributed by atoms with van der Waals surface area (Å²) >= 11 is 0. The van der Waals surface area contributed by atoms with Gasteiger partial charge >= 0.3 is 0 Å². The number of benzene rings is 3. The lowest BCUT2D eigenvalue weighted by Crippen LogP contribution is -2.31. The van der Waals surface area contributed by atoms with Crippen molar-refractivity contribution >= 4 is 21.4 Å². The second kappa shape index (κ2) is 9.73. The van der Waals surface area contributed by atoms with E-state index in [0.29, 0.717) is 23.6 Å². The molecule has 3 aromatic rings. The SMILES string of the molecule is CCCCOc1cccc(C2C(S(=O)(=O)c3ccccc3)=C(O)C(=O)N2c2ccc(C)cc2)c1. The third kappa shape index (κ3) is 4.43. The van der Waals surface area contributed by atoms with Crippen molar-refractivity contribution in [2.75, 3.05) is 11.5 Å². The molecule has 4 rings (SSSR count). The maximum atomic E-state index is 13.7. The molecule has 1 amide bonds. The first-order valence-electron chi connectivity index (χ1n) is 11.2. The van der Waals surface area contributed by atoms with Crippen LogP contribution in [0.15, 0.2) is 94.4 Å². The lowest BCUT2D eigenvalue weighted by atomic mass is 10.1. The largest absolute Gasteiger partial charge is 0.502 e. The molecule has 0 radical (unpaired) electrons. The molecule has 1 aliphatic heterocycles. The van der Waals surface area contributed by atoms with Crippen LogP contribution in [0.1, 0.15) is 36.9 Å². The second-order valence-corrected chi connectivity index (χ2v) is 10.1. The van der Waals surface area contributed by atoms with Gasteiger partial charge in [0, 0.05) is 5.69 Å². The summed E-state index contributed by atoms with van der Waals surface area (Å²) in [6.07, 6.45) is 1.87. The molecule has 3 aromatic carbocycles. The Hall–Kier alpha value is -3.58. The van der Waals surface area contributed by atoms with Crippen LogP contribution in [-0.2, 0) is 14.6 Å². The first-order chi connectivity index (χ1) is 16.3. The van der Waals surface area contributed by atoms with Crippen LogP contribution in [0.2, 0.25) is 0 Å². The Kier molecular flexibility index (Phi) is 6.75. The van der Waals surface area contributed by atoms with Gasteiger partial charge in [-0.3, -0.25) is 9.69 Å². The van der Waals surface area contributed by atoms with Crippen molar-refractivity contribution in [2.24, 2.45) is 0 Å². The lowest BCUT2D eigenvalue weighted by Gasteiger charge is -2.27. The third-order valence-electron chi connectivity index (χ3n) is 5.76. The maximum absolute atomic E-state index is 13.7. The predicted octanol–water partition coefficient (Wildman–Crippen LogP) is 5.51. The summed E-state index contributed by atoms with van der Waals surface area (Å²) in [6.45, 7) is 4.52. The molecule has 1 atom stereocenters. The zero-order chi connectivity index (χ0) is 24.3. The Balaban J connectivity index is 1.87. The molecule has 0 bridgehead atoms. The van der Waals surface area contributed by atoms with Gasteiger partial charge in [0.25, 0.3) is 5.91 Å². The van der Waals surface area contributed by atoms with Crippen molar-refractivity contribution in [3.8, 4) is 5.75 Å². The molecule has 0 saturated carbocycles. The highest BCUT2D eigenvalue weighted by Gasteiger charge is 2.47. The summed E-state index contributed by atoms with van der Waals surface area (Å²) in [6, 6.07) is 21.0. The zero-order valence-electron chi connectivity index (χ0n) is 19.1. The molecule has 176 valence electrons. The van der Waals surface area contributed by atoms with Crippen molar-refractivity contribution in [1.82, 2.24) is 0 Å². The fraction of sp³-hybridized carbons (Fsp3) is 0.222. The summed E-state index contributed by atoms with van der Waals surface area (Å²) < 4.78 is 33.2. The molecule has 34 heavy (non-hydrogen) atoms. The monoisotopic (exact) mass is 477 g/mol. The van der Waals surface area contributed by atoms with Crippen LogP contribution in [-0.4, -0.2) is 26.0 Å². The Morgan fingerprint density at radius 2 is 1.68 bits per heavy atom. The standard InChI is InChI=1S/C27H27NO5S/c1-3-4-17-33-22-10-8-9-20(18-22)24-26(34(31,32)23-11-6-5-7-12-23)25(29)27(30)28(24)21-15-13-19(2)14-16-21/h5-16,18,24,29H,3-4,17H2,1-2H3. The van der Waals surface area contributed by atoms with E-state index >= 15 is 0 Å². The van der Waals surface area contributed by atoms with Crippen molar-refractivity contribution < 1.29 is 23.1 Å². The Labute approximate surface area is 200 Å². The highest BCUT2D eigenvalue weighted by Crippen LogP contribution is 2.45. The van der Waals surface area contributed by atoms with Gasteiger partial charge in [0.2, 0.25) is 9.84 Å². The average Bonchev–Trinajstić information content (AvgIpc) is 3.12. The predicted molar refractivity (Wildman–Crippen MR) is 132 cm³/mol. The van der Waals surface area contributed by atoms with E-state index in [1.54, 1.807) is 54.6 Å². The fourth-order valence-corrected chi connectivity index (χ4v) is 5.61. The topological polar surface area (TPSA) is 83.9 Å². The number of aliphatic hydroxyl groups is 1. The highest BCUT2D eigenvalue weighted by atomic mass is 32.2.